The zero-order valence-corrected chi connectivity index (χ0v) is 17.1. The van der Waals surface area contributed by atoms with Gasteiger partial charge in [-0.15, -0.1) is 0 Å². The average Bonchev–Trinajstić information content (AvgIpc) is 3.31. The van der Waals surface area contributed by atoms with Gasteiger partial charge in [-0.05, 0) is 23.3 Å². The van der Waals surface area contributed by atoms with Crippen LogP contribution in [0.3, 0.4) is 0 Å². The minimum absolute atomic E-state index is 0.0657. The number of benzene rings is 2. The summed E-state index contributed by atoms with van der Waals surface area (Å²) in [5.41, 5.74) is 2.21. The summed E-state index contributed by atoms with van der Waals surface area (Å²) in [7, 11) is 0. The Morgan fingerprint density at radius 1 is 0.968 bits per heavy atom. The van der Waals surface area contributed by atoms with Crippen LogP contribution in [0.4, 0.5) is 9.18 Å². The quantitative estimate of drug-likeness (QED) is 0.689. The van der Waals surface area contributed by atoms with Crippen LogP contribution >= 0.6 is 0 Å². The van der Waals surface area contributed by atoms with Gasteiger partial charge in [-0.3, -0.25) is 4.79 Å². The van der Waals surface area contributed by atoms with Gasteiger partial charge in [0.15, 0.2) is 0 Å². The molecule has 0 spiro atoms. The molecule has 2 heterocycles. The number of hydrogen-bond acceptors (Lipinski definition) is 3. The summed E-state index contributed by atoms with van der Waals surface area (Å²) in [6.45, 7) is 2.71. The highest BCUT2D eigenvalue weighted by atomic mass is 19.1. The van der Waals surface area contributed by atoms with E-state index in [9.17, 15) is 14.0 Å². The molecule has 1 aliphatic rings. The number of urea groups is 1. The number of aromatic nitrogens is 2. The Labute approximate surface area is 180 Å². The van der Waals surface area contributed by atoms with Gasteiger partial charge in [0, 0.05) is 51.7 Å². The number of amides is 3. The number of nitrogens with one attached hydrogen (secondary N) is 1. The molecule has 160 valence electrons. The van der Waals surface area contributed by atoms with Crippen LogP contribution in [0.25, 0.3) is 0 Å². The second-order valence-electron chi connectivity index (χ2n) is 7.47. The number of hydrogen-bond donors (Lipinski definition) is 1. The zero-order valence-electron chi connectivity index (χ0n) is 17.1. The molecule has 7 nitrogen and oxygen atoms in total. The molecule has 1 saturated heterocycles. The molecule has 3 aromatic rings. The largest absolute Gasteiger partial charge is 0.335 e. The second kappa shape index (κ2) is 9.42. The van der Waals surface area contributed by atoms with Crippen LogP contribution in [0.2, 0.25) is 0 Å². The standard InChI is InChI=1S/C23H24FN5O2/c24-21-7-2-1-6-20(21)22(30)28-10-12-29(13-11-28)23(31)26-15-18-4-3-5-19(14-18)16-27-9-8-25-17-27/h1-9,14,17H,10-13,15-16H2,(H,26,31). The van der Waals surface area contributed by atoms with E-state index in [0.29, 0.717) is 32.7 Å². The van der Waals surface area contributed by atoms with E-state index >= 15 is 0 Å². The average molecular weight is 421 g/mol. The van der Waals surface area contributed by atoms with Crippen LogP contribution in [-0.2, 0) is 13.1 Å². The molecule has 1 aromatic heterocycles. The third-order valence-electron chi connectivity index (χ3n) is 5.32. The van der Waals surface area contributed by atoms with Gasteiger partial charge >= 0.3 is 6.03 Å². The molecule has 0 unspecified atom stereocenters. The van der Waals surface area contributed by atoms with Gasteiger partial charge in [0.05, 0.1) is 11.9 Å². The Morgan fingerprint density at radius 3 is 2.45 bits per heavy atom. The molecule has 0 aliphatic carbocycles. The van der Waals surface area contributed by atoms with E-state index in [1.54, 1.807) is 34.5 Å². The van der Waals surface area contributed by atoms with Crippen LogP contribution in [0.1, 0.15) is 21.5 Å². The molecule has 3 amide bonds. The van der Waals surface area contributed by atoms with Gasteiger partial charge in [0.1, 0.15) is 5.82 Å². The topological polar surface area (TPSA) is 70.5 Å². The van der Waals surface area contributed by atoms with Crippen LogP contribution in [0, 0.1) is 5.82 Å². The van der Waals surface area contributed by atoms with Crippen LogP contribution in [-0.4, -0.2) is 57.5 Å². The smallest absolute Gasteiger partial charge is 0.317 e. The lowest BCUT2D eigenvalue weighted by atomic mass is 10.1. The van der Waals surface area contributed by atoms with E-state index in [-0.39, 0.29) is 17.5 Å². The predicted octanol–water partition coefficient (Wildman–Crippen LogP) is 2.74. The first-order valence-electron chi connectivity index (χ1n) is 10.2. The van der Waals surface area contributed by atoms with Gasteiger partial charge in [0.2, 0.25) is 0 Å². The van der Waals surface area contributed by atoms with Crippen molar-refractivity contribution in [3.05, 3.63) is 89.8 Å². The number of nitrogens with zero attached hydrogens (tertiary/aromatic N) is 4. The highest BCUT2D eigenvalue weighted by molar-refractivity contribution is 5.94. The lowest BCUT2D eigenvalue weighted by molar-refractivity contribution is 0.0660. The number of rotatable bonds is 5. The third-order valence-corrected chi connectivity index (χ3v) is 5.32. The SMILES string of the molecule is O=C(NCc1cccc(Cn2ccnc2)c1)N1CCN(C(=O)c2ccccc2F)CC1. The van der Waals surface area contributed by atoms with Gasteiger partial charge in [0.25, 0.3) is 5.91 Å². The Balaban J connectivity index is 1.27. The predicted molar refractivity (Wildman–Crippen MR) is 114 cm³/mol. The fourth-order valence-corrected chi connectivity index (χ4v) is 3.64. The molecule has 0 saturated carbocycles. The van der Waals surface area contributed by atoms with Crippen molar-refractivity contribution in [1.29, 1.82) is 0 Å². The first-order valence-corrected chi connectivity index (χ1v) is 10.2. The molecule has 1 aliphatic heterocycles. The van der Waals surface area contributed by atoms with E-state index in [1.165, 1.54) is 12.1 Å². The third kappa shape index (κ3) is 5.09. The van der Waals surface area contributed by atoms with Crippen molar-refractivity contribution in [2.75, 3.05) is 26.2 Å². The maximum Gasteiger partial charge on any atom is 0.317 e. The number of carbonyl (C=O) groups excluding carboxylic acids is 2. The van der Waals surface area contributed by atoms with Crippen molar-refractivity contribution in [3.63, 3.8) is 0 Å². The first kappa shape index (κ1) is 20.6. The normalized spacial score (nSPS) is 13.8. The molecule has 0 atom stereocenters. The molecule has 2 aromatic carbocycles. The molecular formula is C23H24FN5O2. The molecule has 1 N–H and O–H groups in total. The monoisotopic (exact) mass is 421 g/mol. The Bertz CT molecular complexity index is 1050. The summed E-state index contributed by atoms with van der Waals surface area (Å²) >= 11 is 0. The molecular weight excluding hydrogens is 397 g/mol. The van der Waals surface area contributed by atoms with Crippen LogP contribution in [0.5, 0.6) is 0 Å². The van der Waals surface area contributed by atoms with E-state index in [1.807, 2.05) is 29.0 Å². The van der Waals surface area contributed by atoms with Gasteiger partial charge < -0.3 is 19.7 Å². The highest BCUT2D eigenvalue weighted by Gasteiger charge is 2.26. The Kier molecular flexibility index (Phi) is 6.26. The van der Waals surface area contributed by atoms with Crippen molar-refractivity contribution in [3.8, 4) is 0 Å². The summed E-state index contributed by atoms with van der Waals surface area (Å²) in [6.07, 6.45) is 5.42. The first-order chi connectivity index (χ1) is 15.1. The van der Waals surface area contributed by atoms with E-state index < -0.39 is 5.82 Å². The van der Waals surface area contributed by atoms with Crippen molar-refractivity contribution in [1.82, 2.24) is 24.7 Å². The second-order valence-corrected chi connectivity index (χ2v) is 7.47. The number of halogens is 1. The molecule has 8 heteroatoms. The van der Waals surface area contributed by atoms with Crippen LogP contribution in [0.15, 0.2) is 67.3 Å². The maximum absolute atomic E-state index is 13.9. The lowest BCUT2D eigenvalue weighted by Gasteiger charge is -2.34. The Morgan fingerprint density at radius 2 is 1.71 bits per heavy atom. The Hall–Kier alpha value is -3.68. The number of piperazine rings is 1. The number of carbonyl (C=O) groups is 2. The van der Waals surface area contributed by atoms with E-state index in [2.05, 4.69) is 16.4 Å². The fourth-order valence-electron chi connectivity index (χ4n) is 3.64. The fraction of sp³-hybridized carbons (Fsp3) is 0.261. The van der Waals surface area contributed by atoms with Crippen molar-refractivity contribution < 1.29 is 14.0 Å². The summed E-state index contributed by atoms with van der Waals surface area (Å²) in [5, 5.41) is 2.94. The maximum atomic E-state index is 13.9. The van der Waals surface area contributed by atoms with Crippen LogP contribution < -0.4 is 5.32 Å². The van der Waals surface area contributed by atoms with Crippen molar-refractivity contribution >= 4 is 11.9 Å². The highest BCUT2D eigenvalue weighted by Crippen LogP contribution is 2.13. The van der Waals surface area contributed by atoms with Gasteiger partial charge in [-0.25, -0.2) is 14.2 Å². The van der Waals surface area contributed by atoms with Crippen molar-refractivity contribution in [2.45, 2.75) is 13.1 Å². The van der Waals surface area contributed by atoms with E-state index in [0.717, 1.165) is 17.7 Å². The molecule has 31 heavy (non-hydrogen) atoms. The van der Waals surface area contributed by atoms with Gasteiger partial charge in [-0.2, -0.15) is 0 Å². The van der Waals surface area contributed by atoms with E-state index in [4.69, 9.17) is 0 Å². The summed E-state index contributed by atoms with van der Waals surface area (Å²) in [4.78, 5) is 32.4. The minimum Gasteiger partial charge on any atom is -0.335 e. The lowest BCUT2D eigenvalue weighted by Crippen LogP contribution is -2.53. The van der Waals surface area contributed by atoms with Crippen molar-refractivity contribution in [2.24, 2.45) is 0 Å². The number of imidazole rings is 1. The summed E-state index contributed by atoms with van der Waals surface area (Å²) in [5.74, 6) is -0.865. The summed E-state index contributed by atoms with van der Waals surface area (Å²) < 4.78 is 15.9. The summed E-state index contributed by atoms with van der Waals surface area (Å²) in [6, 6.07) is 13.8. The zero-order chi connectivity index (χ0) is 21.6. The minimum atomic E-state index is -0.525. The molecule has 1 fully saturated rings. The molecule has 0 bridgehead atoms. The van der Waals surface area contributed by atoms with Gasteiger partial charge in [-0.1, -0.05) is 36.4 Å². The molecule has 4 rings (SSSR count). The molecule has 0 radical (unpaired) electrons.